The predicted octanol–water partition coefficient (Wildman–Crippen LogP) is 2.60. The molecule has 8 nitrogen and oxygen atoms in total. The molecule has 0 saturated carbocycles. The van der Waals surface area contributed by atoms with E-state index in [1.54, 1.807) is 22.4 Å². The Morgan fingerprint density at radius 2 is 1.89 bits per heavy atom. The predicted molar refractivity (Wildman–Crippen MR) is 107 cm³/mol. The van der Waals surface area contributed by atoms with Gasteiger partial charge in [0, 0.05) is 7.05 Å². The molecule has 0 fully saturated rings. The molecule has 2 aromatic carbocycles. The number of fused-ring (bicyclic) bond motifs is 1. The summed E-state index contributed by atoms with van der Waals surface area (Å²) in [5, 5.41) is 13.2. The number of benzene rings is 2. The van der Waals surface area contributed by atoms with Gasteiger partial charge in [0.1, 0.15) is 17.3 Å². The summed E-state index contributed by atoms with van der Waals surface area (Å²) in [5.74, 6) is 1.81. The SMILES string of the molecule is CCOc1ccccc1-n1nnnc1SCc1nc2ccccc2c(=O)n1C. The Hall–Kier alpha value is -3.20. The van der Waals surface area contributed by atoms with Gasteiger partial charge in [-0.1, -0.05) is 36.0 Å². The lowest BCUT2D eigenvalue weighted by Gasteiger charge is -2.11. The van der Waals surface area contributed by atoms with Crippen LogP contribution in [0.3, 0.4) is 0 Å². The van der Waals surface area contributed by atoms with Crippen LogP contribution in [-0.4, -0.2) is 36.4 Å². The molecule has 0 amide bonds. The molecule has 0 radical (unpaired) electrons. The van der Waals surface area contributed by atoms with Gasteiger partial charge in [0.05, 0.1) is 23.3 Å². The molecule has 2 heterocycles. The van der Waals surface area contributed by atoms with Gasteiger partial charge < -0.3 is 4.74 Å². The molecule has 0 spiro atoms. The molecule has 9 heteroatoms. The summed E-state index contributed by atoms with van der Waals surface area (Å²) in [6, 6.07) is 14.9. The van der Waals surface area contributed by atoms with Gasteiger partial charge in [-0.2, -0.15) is 4.68 Å². The van der Waals surface area contributed by atoms with Crippen LogP contribution in [0.15, 0.2) is 58.5 Å². The average Bonchev–Trinajstić information content (AvgIpc) is 3.19. The fraction of sp³-hybridized carbons (Fsp3) is 0.211. The Morgan fingerprint density at radius 3 is 2.75 bits per heavy atom. The number of hydrogen-bond donors (Lipinski definition) is 0. The van der Waals surface area contributed by atoms with Crippen molar-refractivity contribution in [3.8, 4) is 11.4 Å². The number of aromatic nitrogens is 6. The summed E-state index contributed by atoms with van der Waals surface area (Å²) in [7, 11) is 1.73. The Labute approximate surface area is 165 Å². The van der Waals surface area contributed by atoms with Crippen LogP contribution in [0, 0.1) is 0 Å². The van der Waals surface area contributed by atoms with Crippen LogP contribution in [0.25, 0.3) is 16.6 Å². The van der Waals surface area contributed by atoms with Crippen LogP contribution >= 0.6 is 11.8 Å². The second-order valence-corrected chi connectivity index (χ2v) is 6.91. The first-order chi connectivity index (χ1) is 13.7. The van der Waals surface area contributed by atoms with E-state index in [-0.39, 0.29) is 5.56 Å². The van der Waals surface area contributed by atoms with Crippen molar-refractivity contribution in [2.45, 2.75) is 17.8 Å². The van der Waals surface area contributed by atoms with E-state index in [0.29, 0.717) is 40.0 Å². The maximum absolute atomic E-state index is 12.6. The minimum atomic E-state index is -0.0671. The molecule has 4 aromatic rings. The average molecular weight is 394 g/mol. The number of tetrazole rings is 1. The van der Waals surface area contributed by atoms with Crippen molar-refractivity contribution in [3.63, 3.8) is 0 Å². The highest BCUT2D eigenvalue weighted by molar-refractivity contribution is 7.98. The first-order valence-corrected chi connectivity index (χ1v) is 9.75. The van der Waals surface area contributed by atoms with E-state index >= 15 is 0 Å². The third-order valence-corrected chi connectivity index (χ3v) is 5.16. The highest BCUT2D eigenvalue weighted by Gasteiger charge is 2.15. The van der Waals surface area contributed by atoms with E-state index in [2.05, 4.69) is 20.5 Å². The second kappa shape index (κ2) is 7.81. The Balaban J connectivity index is 1.65. The van der Waals surface area contributed by atoms with Crippen LogP contribution < -0.4 is 10.3 Å². The molecular weight excluding hydrogens is 376 g/mol. The molecule has 0 N–H and O–H groups in total. The first kappa shape index (κ1) is 18.2. The fourth-order valence-corrected chi connectivity index (χ4v) is 3.72. The van der Waals surface area contributed by atoms with Gasteiger partial charge >= 0.3 is 0 Å². The second-order valence-electron chi connectivity index (χ2n) is 5.97. The minimum Gasteiger partial charge on any atom is -0.492 e. The molecule has 0 aliphatic heterocycles. The lowest BCUT2D eigenvalue weighted by Crippen LogP contribution is -2.22. The molecule has 2 aromatic heterocycles. The van der Waals surface area contributed by atoms with Crippen molar-refractivity contribution in [1.82, 2.24) is 29.8 Å². The van der Waals surface area contributed by atoms with Crippen molar-refractivity contribution in [2.24, 2.45) is 7.05 Å². The standard InChI is InChI=1S/C19H18N6O2S/c1-3-27-16-11-7-6-10-15(16)25-19(21-22-23-25)28-12-17-20-14-9-5-4-8-13(14)18(26)24(17)2/h4-11H,3,12H2,1-2H3. The maximum atomic E-state index is 12.6. The van der Waals surface area contributed by atoms with Crippen LogP contribution in [0.5, 0.6) is 5.75 Å². The number of rotatable bonds is 6. The van der Waals surface area contributed by atoms with Gasteiger partial charge in [0.2, 0.25) is 5.16 Å². The Kier molecular flexibility index (Phi) is 5.07. The summed E-state index contributed by atoms with van der Waals surface area (Å²) in [4.78, 5) is 17.2. The number of ether oxygens (including phenoxy) is 1. The normalized spacial score (nSPS) is 11.1. The molecule has 0 unspecified atom stereocenters. The Morgan fingerprint density at radius 1 is 1.11 bits per heavy atom. The lowest BCUT2D eigenvalue weighted by molar-refractivity contribution is 0.337. The zero-order chi connectivity index (χ0) is 19.5. The molecule has 0 aliphatic rings. The van der Waals surface area contributed by atoms with Crippen LogP contribution in [0.4, 0.5) is 0 Å². The van der Waals surface area contributed by atoms with Gasteiger partial charge in [-0.3, -0.25) is 9.36 Å². The molecule has 4 rings (SSSR count). The van der Waals surface area contributed by atoms with E-state index in [9.17, 15) is 4.79 Å². The molecule has 0 aliphatic carbocycles. The van der Waals surface area contributed by atoms with Crippen LogP contribution in [0.1, 0.15) is 12.7 Å². The van der Waals surface area contributed by atoms with Gasteiger partial charge in [-0.15, -0.1) is 5.10 Å². The van der Waals surface area contributed by atoms with Crippen molar-refractivity contribution in [3.05, 3.63) is 64.7 Å². The largest absolute Gasteiger partial charge is 0.492 e. The van der Waals surface area contributed by atoms with Gasteiger partial charge in [0.25, 0.3) is 5.56 Å². The van der Waals surface area contributed by atoms with Gasteiger partial charge in [-0.05, 0) is 41.6 Å². The van der Waals surface area contributed by atoms with Crippen molar-refractivity contribution >= 4 is 22.7 Å². The van der Waals surface area contributed by atoms with Crippen molar-refractivity contribution in [2.75, 3.05) is 6.61 Å². The molecule has 142 valence electrons. The van der Waals surface area contributed by atoms with Crippen molar-refractivity contribution < 1.29 is 4.74 Å². The van der Waals surface area contributed by atoms with Gasteiger partial charge in [-0.25, -0.2) is 4.98 Å². The van der Waals surface area contributed by atoms with E-state index in [1.807, 2.05) is 49.4 Å². The lowest BCUT2D eigenvalue weighted by atomic mass is 10.2. The maximum Gasteiger partial charge on any atom is 0.261 e. The summed E-state index contributed by atoms with van der Waals surface area (Å²) >= 11 is 1.41. The third kappa shape index (κ3) is 3.36. The molecular formula is C19H18N6O2S. The molecule has 0 atom stereocenters. The number of nitrogens with zero attached hydrogens (tertiary/aromatic N) is 6. The van der Waals surface area contributed by atoms with Gasteiger partial charge in [0.15, 0.2) is 0 Å². The van der Waals surface area contributed by atoms with Crippen molar-refractivity contribution in [1.29, 1.82) is 0 Å². The third-order valence-electron chi connectivity index (χ3n) is 4.24. The number of thioether (sulfide) groups is 1. The Bertz CT molecular complexity index is 1190. The zero-order valence-electron chi connectivity index (χ0n) is 15.4. The monoisotopic (exact) mass is 394 g/mol. The van der Waals surface area contributed by atoms with Crippen LogP contribution in [0.2, 0.25) is 0 Å². The summed E-state index contributed by atoms with van der Waals surface area (Å²) in [6.07, 6.45) is 0. The number of hydrogen-bond acceptors (Lipinski definition) is 7. The highest BCUT2D eigenvalue weighted by atomic mass is 32.2. The molecule has 0 saturated heterocycles. The topological polar surface area (TPSA) is 87.7 Å². The summed E-state index contributed by atoms with van der Waals surface area (Å²) < 4.78 is 8.88. The smallest absolute Gasteiger partial charge is 0.261 e. The van der Waals surface area contributed by atoms with E-state index in [0.717, 1.165) is 5.69 Å². The summed E-state index contributed by atoms with van der Waals surface area (Å²) in [6.45, 7) is 2.47. The van der Waals surface area contributed by atoms with E-state index < -0.39 is 0 Å². The highest BCUT2D eigenvalue weighted by Crippen LogP contribution is 2.27. The molecule has 28 heavy (non-hydrogen) atoms. The first-order valence-electron chi connectivity index (χ1n) is 8.77. The fourth-order valence-electron chi connectivity index (χ4n) is 2.85. The van der Waals surface area contributed by atoms with E-state index in [1.165, 1.54) is 11.8 Å². The minimum absolute atomic E-state index is 0.0671. The summed E-state index contributed by atoms with van der Waals surface area (Å²) in [5.41, 5.74) is 1.38. The zero-order valence-corrected chi connectivity index (χ0v) is 16.3. The number of para-hydroxylation sites is 3. The van der Waals surface area contributed by atoms with Crippen LogP contribution in [-0.2, 0) is 12.8 Å². The van der Waals surface area contributed by atoms with E-state index in [4.69, 9.17) is 4.74 Å². The molecule has 0 bridgehead atoms. The quantitative estimate of drug-likeness (QED) is 0.465.